The van der Waals surface area contributed by atoms with Crippen LogP contribution >= 0.6 is 0 Å². The van der Waals surface area contributed by atoms with Crippen LogP contribution in [0.25, 0.3) is 0 Å². The Morgan fingerprint density at radius 1 is 1.25 bits per heavy atom. The summed E-state index contributed by atoms with van der Waals surface area (Å²) >= 11 is 0. The minimum atomic E-state index is -0.866. The molecule has 0 aromatic heterocycles. The van der Waals surface area contributed by atoms with Gasteiger partial charge in [0.1, 0.15) is 0 Å². The van der Waals surface area contributed by atoms with E-state index >= 15 is 0 Å². The van der Waals surface area contributed by atoms with Gasteiger partial charge in [-0.15, -0.1) is 0 Å². The first-order valence-electron chi connectivity index (χ1n) is 6.79. The van der Waals surface area contributed by atoms with Crippen LogP contribution in [-0.4, -0.2) is 24.4 Å². The second kappa shape index (κ2) is 7.05. The summed E-state index contributed by atoms with van der Waals surface area (Å²) in [6.45, 7) is 3.72. The summed E-state index contributed by atoms with van der Waals surface area (Å²) in [7, 11) is 1.60. The molecule has 0 aliphatic rings. The van der Waals surface area contributed by atoms with Crippen molar-refractivity contribution in [3.63, 3.8) is 0 Å². The number of carbonyl (C=O) groups is 2. The lowest BCUT2D eigenvalue weighted by atomic mass is 9.96. The van der Waals surface area contributed by atoms with Crippen molar-refractivity contribution in [2.24, 2.45) is 5.73 Å². The van der Waals surface area contributed by atoms with Gasteiger partial charge >= 0.3 is 0 Å². The Labute approximate surface area is 119 Å². The molecular weight excluding hydrogens is 254 g/mol. The summed E-state index contributed by atoms with van der Waals surface area (Å²) < 4.78 is 0. The van der Waals surface area contributed by atoms with Crippen molar-refractivity contribution in [2.45, 2.75) is 38.6 Å². The minimum Gasteiger partial charge on any atom is -0.359 e. The average molecular weight is 277 g/mol. The normalized spacial score (nSPS) is 13.4. The third kappa shape index (κ3) is 4.66. The van der Waals surface area contributed by atoms with Crippen molar-refractivity contribution in [3.05, 3.63) is 29.8 Å². The van der Waals surface area contributed by atoms with E-state index in [2.05, 4.69) is 10.6 Å². The highest BCUT2D eigenvalue weighted by molar-refractivity contribution is 5.97. The van der Waals surface area contributed by atoms with Gasteiger partial charge < -0.3 is 16.4 Å². The number of carbonyl (C=O) groups excluding carboxylic acids is 2. The van der Waals surface area contributed by atoms with Crippen LogP contribution in [-0.2, 0) is 16.0 Å². The highest BCUT2D eigenvalue weighted by atomic mass is 16.2. The van der Waals surface area contributed by atoms with E-state index in [9.17, 15) is 9.59 Å². The van der Waals surface area contributed by atoms with Gasteiger partial charge in [0.05, 0.1) is 12.0 Å². The molecule has 4 N–H and O–H groups in total. The van der Waals surface area contributed by atoms with Crippen molar-refractivity contribution in [2.75, 3.05) is 12.4 Å². The van der Waals surface area contributed by atoms with Gasteiger partial charge in [-0.3, -0.25) is 9.59 Å². The molecule has 0 aliphatic heterocycles. The van der Waals surface area contributed by atoms with Crippen LogP contribution in [0.3, 0.4) is 0 Å². The third-order valence-electron chi connectivity index (χ3n) is 3.14. The molecule has 1 unspecified atom stereocenters. The summed E-state index contributed by atoms with van der Waals surface area (Å²) in [5.41, 5.74) is 6.68. The second-order valence-electron chi connectivity index (χ2n) is 5.17. The van der Waals surface area contributed by atoms with Crippen LogP contribution in [0.1, 0.15) is 32.3 Å². The molecule has 20 heavy (non-hydrogen) atoms. The van der Waals surface area contributed by atoms with Crippen LogP contribution in [0.2, 0.25) is 0 Å². The van der Waals surface area contributed by atoms with Gasteiger partial charge in [0.25, 0.3) is 0 Å². The summed E-state index contributed by atoms with van der Waals surface area (Å²) in [6.07, 6.45) is 1.81. The molecule has 0 saturated carbocycles. The van der Waals surface area contributed by atoms with Gasteiger partial charge in [0.2, 0.25) is 11.8 Å². The number of rotatable bonds is 6. The predicted molar refractivity (Wildman–Crippen MR) is 80.3 cm³/mol. The Morgan fingerprint density at radius 3 is 2.35 bits per heavy atom. The fourth-order valence-electron chi connectivity index (χ4n) is 1.89. The van der Waals surface area contributed by atoms with Gasteiger partial charge in [-0.2, -0.15) is 0 Å². The molecule has 0 fully saturated rings. The van der Waals surface area contributed by atoms with E-state index in [-0.39, 0.29) is 11.8 Å². The molecule has 0 bridgehead atoms. The number of nitrogens with one attached hydrogen (secondary N) is 2. The molecule has 0 spiro atoms. The number of hydrogen-bond acceptors (Lipinski definition) is 3. The quantitative estimate of drug-likeness (QED) is 0.735. The lowest BCUT2D eigenvalue weighted by Crippen LogP contribution is -2.48. The van der Waals surface area contributed by atoms with E-state index in [1.54, 1.807) is 26.1 Å². The van der Waals surface area contributed by atoms with Crippen molar-refractivity contribution >= 4 is 17.5 Å². The largest absolute Gasteiger partial charge is 0.359 e. The minimum absolute atomic E-state index is 0.0423. The van der Waals surface area contributed by atoms with Gasteiger partial charge in [-0.25, -0.2) is 0 Å². The van der Waals surface area contributed by atoms with Crippen molar-refractivity contribution in [1.29, 1.82) is 0 Å². The van der Waals surface area contributed by atoms with Crippen molar-refractivity contribution < 1.29 is 9.59 Å². The summed E-state index contributed by atoms with van der Waals surface area (Å²) in [5, 5.41) is 5.37. The second-order valence-corrected chi connectivity index (χ2v) is 5.17. The Bertz CT molecular complexity index is 467. The summed E-state index contributed by atoms with van der Waals surface area (Å²) in [6, 6.07) is 7.19. The molecule has 1 aromatic carbocycles. The molecule has 0 radical (unpaired) electrons. The Kier molecular flexibility index (Phi) is 5.70. The first-order valence-corrected chi connectivity index (χ1v) is 6.79. The summed E-state index contributed by atoms with van der Waals surface area (Å²) in [5.74, 6) is -0.238. The maximum atomic E-state index is 12.0. The maximum absolute atomic E-state index is 12.0. The van der Waals surface area contributed by atoms with Crippen LogP contribution in [0.5, 0.6) is 0 Å². The highest BCUT2D eigenvalue weighted by Crippen LogP contribution is 2.15. The average Bonchev–Trinajstić information content (AvgIpc) is 2.40. The first kappa shape index (κ1) is 16.2. The first-order chi connectivity index (χ1) is 9.39. The van der Waals surface area contributed by atoms with Gasteiger partial charge in [0.15, 0.2) is 0 Å². The SMILES string of the molecule is CCCC(C)(N)C(=O)Nc1ccc(CC(=O)NC)cc1. The zero-order chi connectivity index (χ0) is 15.2. The van der Waals surface area contributed by atoms with Gasteiger partial charge in [-0.1, -0.05) is 25.5 Å². The lowest BCUT2D eigenvalue weighted by Gasteiger charge is -2.22. The molecule has 110 valence electrons. The number of hydrogen-bond donors (Lipinski definition) is 3. The van der Waals surface area contributed by atoms with E-state index in [1.807, 2.05) is 19.1 Å². The van der Waals surface area contributed by atoms with Crippen LogP contribution < -0.4 is 16.4 Å². The molecular formula is C15H23N3O2. The Morgan fingerprint density at radius 2 is 1.85 bits per heavy atom. The van der Waals surface area contributed by atoms with Crippen LogP contribution in [0.4, 0.5) is 5.69 Å². The van der Waals surface area contributed by atoms with Gasteiger partial charge in [-0.05, 0) is 31.0 Å². The third-order valence-corrected chi connectivity index (χ3v) is 3.14. The molecule has 5 heteroatoms. The Hall–Kier alpha value is -1.88. The van der Waals surface area contributed by atoms with E-state index < -0.39 is 5.54 Å². The molecule has 1 aromatic rings. The number of anilines is 1. The summed E-state index contributed by atoms with van der Waals surface area (Å²) in [4.78, 5) is 23.3. The number of nitrogens with two attached hydrogens (primary N) is 1. The molecule has 0 aliphatic carbocycles. The standard InChI is InChI=1S/C15H23N3O2/c1-4-9-15(2,16)14(20)18-12-7-5-11(6-8-12)10-13(19)17-3/h5-8H,4,9-10,16H2,1-3H3,(H,17,19)(H,18,20). The zero-order valence-electron chi connectivity index (χ0n) is 12.3. The number of amides is 2. The van der Waals surface area contributed by atoms with Crippen LogP contribution in [0, 0.1) is 0 Å². The van der Waals surface area contributed by atoms with E-state index in [1.165, 1.54) is 0 Å². The predicted octanol–water partition coefficient (Wildman–Crippen LogP) is 1.43. The maximum Gasteiger partial charge on any atom is 0.244 e. The fraction of sp³-hybridized carbons (Fsp3) is 0.467. The highest BCUT2D eigenvalue weighted by Gasteiger charge is 2.26. The molecule has 2 amide bonds. The fourth-order valence-corrected chi connectivity index (χ4v) is 1.89. The van der Waals surface area contributed by atoms with Gasteiger partial charge in [0, 0.05) is 12.7 Å². The smallest absolute Gasteiger partial charge is 0.244 e. The Balaban J connectivity index is 2.66. The molecule has 5 nitrogen and oxygen atoms in total. The van der Waals surface area contributed by atoms with E-state index in [4.69, 9.17) is 5.73 Å². The van der Waals surface area contributed by atoms with E-state index in [0.29, 0.717) is 18.5 Å². The topological polar surface area (TPSA) is 84.2 Å². The molecule has 1 atom stereocenters. The number of benzene rings is 1. The van der Waals surface area contributed by atoms with Crippen LogP contribution in [0.15, 0.2) is 24.3 Å². The lowest BCUT2D eigenvalue weighted by molar-refractivity contribution is -0.121. The zero-order valence-corrected chi connectivity index (χ0v) is 12.3. The molecule has 1 rings (SSSR count). The molecule has 0 saturated heterocycles. The van der Waals surface area contributed by atoms with E-state index in [0.717, 1.165) is 12.0 Å². The van der Waals surface area contributed by atoms with Crippen molar-refractivity contribution in [1.82, 2.24) is 5.32 Å². The molecule has 0 heterocycles. The number of likely N-dealkylation sites (N-methyl/N-ethyl adjacent to an activating group) is 1. The monoisotopic (exact) mass is 277 g/mol. The van der Waals surface area contributed by atoms with Crippen molar-refractivity contribution in [3.8, 4) is 0 Å².